The lowest BCUT2D eigenvalue weighted by Crippen LogP contribution is -2.34. The van der Waals surface area contributed by atoms with Crippen LogP contribution in [0.5, 0.6) is 17.2 Å². The van der Waals surface area contributed by atoms with Crippen LogP contribution in [0.25, 0.3) is 11.3 Å². The van der Waals surface area contributed by atoms with Gasteiger partial charge in [0.05, 0.1) is 26.5 Å². The number of hydrogen-bond acceptors (Lipinski definition) is 6. The number of nitrogens with zero attached hydrogens (tertiary/aromatic N) is 2. The summed E-state index contributed by atoms with van der Waals surface area (Å²) in [5, 5.41) is 7.02. The van der Waals surface area contributed by atoms with E-state index in [9.17, 15) is 14.0 Å². The van der Waals surface area contributed by atoms with Crippen LogP contribution in [0, 0.1) is 5.82 Å². The van der Waals surface area contributed by atoms with Crippen LogP contribution in [0.2, 0.25) is 0 Å². The van der Waals surface area contributed by atoms with Crippen LogP contribution in [-0.4, -0.2) is 43.1 Å². The molecule has 0 aliphatic rings. The van der Waals surface area contributed by atoms with Gasteiger partial charge in [0.1, 0.15) is 11.6 Å². The Balaban J connectivity index is 1.59. The number of amides is 1. The summed E-state index contributed by atoms with van der Waals surface area (Å²) in [6.07, 6.45) is 0. The van der Waals surface area contributed by atoms with Gasteiger partial charge in [-0.3, -0.25) is 9.59 Å². The molecule has 0 atom stereocenters. The first-order chi connectivity index (χ1) is 15.0. The Bertz CT molecular complexity index is 1100. The lowest BCUT2D eigenvalue weighted by atomic mass is 10.1. The Labute approximate surface area is 178 Å². The normalized spacial score (nSPS) is 10.4. The van der Waals surface area contributed by atoms with E-state index in [1.54, 1.807) is 32.4 Å². The summed E-state index contributed by atoms with van der Waals surface area (Å²) in [7, 11) is 3.09. The van der Waals surface area contributed by atoms with E-state index in [1.165, 1.54) is 35.0 Å². The fraction of sp³-hybridized carbons (Fsp3) is 0.227. The van der Waals surface area contributed by atoms with Crippen LogP contribution in [-0.2, 0) is 11.3 Å². The number of benzene rings is 2. The second-order valence-electron chi connectivity index (χ2n) is 6.44. The molecule has 0 fully saturated rings. The fourth-order valence-electron chi connectivity index (χ4n) is 2.79. The fourth-order valence-corrected chi connectivity index (χ4v) is 2.79. The first-order valence-electron chi connectivity index (χ1n) is 9.46. The van der Waals surface area contributed by atoms with Crippen LogP contribution in [0.3, 0.4) is 0 Å². The van der Waals surface area contributed by atoms with Gasteiger partial charge in [-0.1, -0.05) is 0 Å². The van der Waals surface area contributed by atoms with Gasteiger partial charge >= 0.3 is 0 Å². The SMILES string of the molecule is COc1ccc(-c2ccc(=O)n(CCNC(=O)COc3ccc(F)cc3)n2)cc1OC. The molecule has 3 rings (SSSR count). The third-order valence-corrected chi connectivity index (χ3v) is 4.38. The molecule has 0 spiro atoms. The Morgan fingerprint density at radius 2 is 1.77 bits per heavy atom. The van der Waals surface area contributed by atoms with Gasteiger partial charge in [0.15, 0.2) is 18.1 Å². The number of nitrogens with one attached hydrogen (secondary N) is 1. The van der Waals surface area contributed by atoms with Crippen LogP contribution in [0.4, 0.5) is 4.39 Å². The van der Waals surface area contributed by atoms with E-state index >= 15 is 0 Å². The number of carbonyl (C=O) groups excluding carboxylic acids is 1. The third kappa shape index (κ3) is 5.81. The Morgan fingerprint density at radius 1 is 1.03 bits per heavy atom. The van der Waals surface area contributed by atoms with Crippen LogP contribution < -0.4 is 25.1 Å². The molecule has 2 aromatic carbocycles. The summed E-state index contributed by atoms with van der Waals surface area (Å²) < 4.78 is 30.0. The summed E-state index contributed by atoms with van der Waals surface area (Å²) in [5.74, 6) is 0.772. The van der Waals surface area contributed by atoms with E-state index in [1.807, 2.05) is 6.07 Å². The summed E-state index contributed by atoms with van der Waals surface area (Å²) in [4.78, 5) is 24.1. The van der Waals surface area contributed by atoms with E-state index in [2.05, 4.69) is 10.4 Å². The molecule has 0 saturated heterocycles. The Kier molecular flexibility index (Phi) is 7.21. The molecule has 31 heavy (non-hydrogen) atoms. The Hall–Kier alpha value is -3.88. The van der Waals surface area contributed by atoms with Crippen molar-refractivity contribution >= 4 is 5.91 Å². The van der Waals surface area contributed by atoms with Crippen molar-refractivity contribution in [3.05, 3.63) is 70.8 Å². The number of methoxy groups -OCH3 is 2. The molecule has 9 heteroatoms. The van der Waals surface area contributed by atoms with Gasteiger partial charge in [0, 0.05) is 18.2 Å². The van der Waals surface area contributed by atoms with Crippen molar-refractivity contribution in [2.45, 2.75) is 6.54 Å². The first-order valence-corrected chi connectivity index (χ1v) is 9.46. The smallest absolute Gasteiger partial charge is 0.266 e. The second kappa shape index (κ2) is 10.2. The van der Waals surface area contributed by atoms with E-state index in [0.717, 1.165) is 5.56 Å². The molecule has 3 aromatic rings. The molecule has 1 N–H and O–H groups in total. The number of ether oxygens (including phenoxy) is 3. The van der Waals surface area contributed by atoms with Gasteiger partial charge in [-0.25, -0.2) is 9.07 Å². The minimum Gasteiger partial charge on any atom is -0.493 e. The summed E-state index contributed by atoms with van der Waals surface area (Å²) in [6, 6.07) is 13.7. The highest BCUT2D eigenvalue weighted by molar-refractivity contribution is 5.77. The molecule has 0 saturated carbocycles. The first kappa shape index (κ1) is 21.8. The van der Waals surface area contributed by atoms with Crippen LogP contribution >= 0.6 is 0 Å². The molecule has 0 aliphatic heterocycles. The summed E-state index contributed by atoms with van der Waals surface area (Å²) >= 11 is 0. The molecule has 0 radical (unpaired) electrons. The van der Waals surface area contributed by atoms with Crippen LogP contribution in [0.1, 0.15) is 0 Å². The van der Waals surface area contributed by atoms with Crippen molar-refractivity contribution < 1.29 is 23.4 Å². The number of hydrogen-bond donors (Lipinski definition) is 1. The van der Waals surface area contributed by atoms with E-state index < -0.39 is 0 Å². The maximum absolute atomic E-state index is 12.9. The predicted molar refractivity (Wildman–Crippen MR) is 112 cm³/mol. The number of carbonyl (C=O) groups is 1. The number of halogens is 1. The minimum atomic E-state index is -0.384. The molecule has 8 nitrogen and oxygen atoms in total. The second-order valence-corrected chi connectivity index (χ2v) is 6.44. The maximum Gasteiger partial charge on any atom is 0.266 e. The van der Waals surface area contributed by atoms with Gasteiger partial charge < -0.3 is 19.5 Å². The zero-order valence-corrected chi connectivity index (χ0v) is 17.1. The number of aromatic nitrogens is 2. The van der Waals surface area contributed by atoms with E-state index in [0.29, 0.717) is 22.9 Å². The standard InChI is InChI=1S/C22H22FN3O5/c1-29-19-9-3-15(13-20(19)30-2)18-8-10-22(28)26(25-18)12-11-24-21(27)14-31-17-6-4-16(23)5-7-17/h3-10,13H,11-12,14H2,1-2H3,(H,24,27). The third-order valence-electron chi connectivity index (χ3n) is 4.38. The van der Waals surface area contributed by atoms with Gasteiger partial charge in [-0.05, 0) is 48.5 Å². The molecule has 1 amide bonds. The van der Waals surface area contributed by atoms with Gasteiger partial charge in [0.25, 0.3) is 11.5 Å². The molecule has 1 heterocycles. The average molecular weight is 427 g/mol. The van der Waals surface area contributed by atoms with Gasteiger partial charge in [-0.2, -0.15) is 5.10 Å². The van der Waals surface area contributed by atoms with Crippen molar-refractivity contribution in [3.63, 3.8) is 0 Å². The molecule has 0 unspecified atom stereocenters. The summed E-state index contributed by atoms with van der Waals surface area (Å²) in [5.41, 5.74) is 1.04. The monoisotopic (exact) mass is 427 g/mol. The Morgan fingerprint density at radius 3 is 2.48 bits per heavy atom. The minimum absolute atomic E-state index is 0.183. The van der Waals surface area contributed by atoms with E-state index in [4.69, 9.17) is 14.2 Å². The lowest BCUT2D eigenvalue weighted by Gasteiger charge is -2.11. The summed E-state index contributed by atoms with van der Waals surface area (Å²) in [6.45, 7) is 0.149. The van der Waals surface area contributed by atoms with Crippen molar-refractivity contribution in [3.8, 4) is 28.5 Å². The highest BCUT2D eigenvalue weighted by Gasteiger charge is 2.09. The highest BCUT2D eigenvalue weighted by Crippen LogP contribution is 2.31. The maximum atomic E-state index is 12.9. The molecule has 0 bridgehead atoms. The molecule has 0 aliphatic carbocycles. The largest absolute Gasteiger partial charge is 0.493 e. The van der Waals surface area contributed by atoms with Gasteiger partial charge in [-0.15, -0.1) is 0 Å². The van der Waals surface area contributed by atoms with Crippen molar-refractivity contribution in [2.24, 2.45) is 0 Å². The highest BCUT2D eigenvalue weighted by atomic mass is 19.1. The van der Waals surface area contributed by atoms with E-state index in [-0.39, 0.29) is 37.0 Å². The zero-order chi connectivity index (χ0) is 22.2. The molecule has 1 aromatic heterocycles. The lowest BCUT2D eigenvalue weighted by molar-refractivity contribution is -0.123. The van der Waals surface area contributed by atoms with Crippen molar-refractivity contribution in [1.29, 1.82) is 0 Å². The average Bonchev–Trinajstić information content (AvgIpc) is 2.79. The molecule has 162 valence electrons. The topological polar surface area (TPSA) is 91.7 Å². The zero-order valence-electron chi connectivity index (χ0n) is 17.1. The van der Waals surface area contributed by atoms with Crippen LogP contribution in [0.15, 0.2) is 59.4 Å². The number of rotatable bonds is 9. The predicted octanol–water partition coefficient (Wildman–Crippen LogP) is 2.26. The molecular formula is C22H22FN3O5. The van der Waals surface area contributed by atoms with Crippen molar-refractivity contribution in [1.82, 2.24) is 15.1 Å². The molecular weight excluding hydrogens is 405 g/mol. The van der Waals surface area contributed by atoms with Crippen molar-refractivity contribution in [2.75, 3.05) is 27.4 Å². The van der Waals surface area contributed by atoms with Gasteiger partial charge in [0.2, 0.25) is 0 Å². The quantitative estimate of drug-likeness (QED) is 0.563.